The van der Waals surface area contributed by atoms with Gasteiger partial charge in [-0.05, 0) is 24.3 Å². The molecule has 0 aliphatic heterocycles. The van der Waals surface area contributed by atoms with Crippen LogP contribution in [0.1, 0.15) is 0 Å². The molecular weight excluding hydrogens is 275 g/mol. The molecule has 2 N–H and O–H groups in total. The Balaban J connectivity index is 2.37. The summed E-state index contributed by atoms with van der Waals surface area (Å²) in [4.78, 5) is 0. The normalized spacial score (nSPS) is 13.1. The molecule has 0 aromatic heterocycles. The smallest absolute Gasteiger partial charge is 0.261 e. The Labute approximate surface area is 118 Å². The largest absolute Gasteiger partial charge is 0.394 e. The average molecular weight is 292 g/mol. The highest BCUT2D eigenvalue weighted by atomic mass is 31.2. The van der Waals surface area contributed by atoms with Crippen LogP contribution in [0.5, 0.6) is 0 Å². The summed E-state index contributed by atoms with van der Waals surface area (Å²) in [6.45, 7) is -0.610. The van der Waals surface area contributed by atoms with Crippen molar-refractivity contribution in [3.8, 4) is 0 Å². The Kier molecular flexibility index (Phi) is 5.10. The van der Waals surface area contributed by atoms with Gasteiger partial charge < -0.3 is 14.7 Å². The molecule has 20 heavy (non-hydrogen) atoms. The second-order valence-electron chi connectivity index (χ2n) is 4.35. The SMILES string of the molecule is O=P(OCC(O)CO)(c1ccccc1)c1ccccc1. The minimum absolute atomic E-state index is 0.183. The molecule has 0 radical (unpaired) electrons. The predicted octanol–water partition coefficient (Wildman–Crippen LogP) is 1.29. The minimum Gasteiger partial charge on any atom is -0.394 e. The third-order valence-corrected chi connectivity index (χ3v) is 5.32. The maximum atomic E-state index is 13.2. The van der Waals surface area contributed by atoms with Crippen LogP contribution in [-0.2, 0) is 9.09 Å². The molecule has 2 rings (SSSR count). The van der Waals surface area contributed by atoms with Crippen LogP contribution in [0.3, 0.4) is 0 Å². The van der Waals surface area contributed by atoms with E-state index in [2.05, 4.69) is 0 Å². The summed E-state index contributed by atoms with van der Waals surface area (Å²) in [6.07, 6.45) is -1.05. The number of aliphatic hydroxyl groups excluding tert-OH is 2. The molecule has 2 aromatic rings. The van der Waals surface area contributed by atoms with Crippen molar-refractivity contribution < 1.29 is 19.3 Å². The van der Waals surface area contributed by atoms with E-state index in [1.807, 2.05) is 12.1 Å². The van der Waals surface area contributed by atoms with Crippen molar-refractivity contribution in [3.05, 3.63) is 60.7 Å². The first kappa shape index (κ1) is 14.9. The van der Waals surface area contributed by atoms with Crippen LogP contribution in [-0.4, -0.2) is 29.5 Å². The van der Waals surface area contributed by atoms with Crippen molar-refractivity contribution in [3.63, 3.8) is 0 Å². The van der Waals surface area contributed by atoms with Crippen molar-refractivity contribution in [1.29, 1.82) is 0 Å². The third kappa shape index (κ3) is 3.35. The lowest BCUT2D eigenvalue weighted by Crippen LogP contribution is -2.24. The zero-order valence-electron chi connectivity index (χ0n) is 10.9. The molecule has 0 fully saturated rings. The van der Waals surface area contributed by atoms with E-state index in [9.17, 15) is 9.67 Å². The molecule has 1 atom stereocenters. The van der Waals surface area contributed by atoms with Crippen molar-refractivity contribution in [1.82, 2.24) is 0 Å². The highest BCUT2D eigenvalue weighted by Gasteiger charge is 2.29. The summed E-state index contributed by atoms with van der Waals surface area (Å²) < 4.78 is 18.7. The quantitative estimate of drug-likeness (QED) is 0.787. The molecule has 0 spiro atoms. The van der Waals surface area contributed by atoms with E-state index in [0.717, 1.165) is 0 Å². The van der Waals surface area contributed by atoms with Gasteiger partial charge in [0.1, 0.15) is 6.10 Å². The predicted molar refractivity (Wildman–Crippen MR) is 78.8 cm³/mol. The van der Waals surface area contributed by atoms with Gasteiger partial charge in [0.25, 0.3) is 7.37 Å². The van der Waals surface area contributed by atoms with Crippen LogP contribution in [0.4, 0.5) is 0 Å². The van der Waals surface area contributed by atoms with Crippen molar-refractivity contribution in [2.24, 2.45) is 0 Å². The summed E-state index contributed by atoms with van der Waals surface area (Å²) in [5.74, 6) is 0. The second-order valence-corrected chi connectivity index (χ2v) is 6.75. The lowest BCUT2D eigenvalue weighted by molar-refractivity contribution is 0.0558. The topological polar surface area (TPSA) is 66.8 Å². The van der Waals surface area contributed by atoms with Crippen molar-refractivity contribution >= 4 is 18.0 Å². The summed E-state index contributed by atoms with van der Waals surface area (Å²) in [5, 5.41) is 19.4. The van der Waals surface area contributed by atoms with Gasteiger partial charge in [0.05, 0.1) is 13.2 Å². The van der Waals surface area contributed by atoms with Crippen molar-refractivity contribution in [2.75, 3.05) is 13.2 Å². The Bertz CT molecular complexity index is 527. The van der Waals surface area contributed by atoms with E-state index in [0.29, 0.717) is 10.6 Å². The molecule has 2 aromatic carbocycles. The van der Waals surface area contributed by atoms with Crippen LogP contribution in [0, 0.1) is 0 Å². The fraction of sp³-hybridized carbons (Fsp3) is 0.200. The van der Waals surface area contributed by atoms with Gasteiger partial charge in [-0.25, -0.2) is 0 Å². The maximum Gasteiger partial charge on any atom is 0.261 e. The van der Waals surface area contributed by atoms with Crippen LogP contribution < -0.4 is 10.6 Å². The molecular formula is C15H17O4P. The first-order valence-corrected chi connectivity index (χ1v) is 7.94. The summed E-state index contributed by atoms with van der Waals surface area (Å²) in [6, 6.07) is 17.8. The number of aliphatic hydroxyl groups is 2. The fourth-order valence-corrected chi connectivity index (χ4v) is 3.90. The molecule has 4 nitrogen and oxygen atoms in total. The standard InChI is InChI=1S/C15H17O4P/c16-11-13(17)12-19-20(18,14-7-3-1-4-8-14)15-9-5-2-6-10-15/h1-10,13,16-17H,11-12H2. The van der Waals surface area contributed by atoms with E-state index >= 15 is 0 Å². The van der Waals surface area contributed by atoms with Crippen LogP contribution in [0.25, 0.3) is 0 Å². The van der Waals surface area contributed by atoms with Gasteiger partial charge in [-0.1, -0.05) is 36.4 Å². The van der Waals surface area contributed by atoms with Crippen LogP contribution in [0.15, 0.2) is 60.7 Å². The molecule has 5 heteroatoms. The van der Waals surface area contributed by atoms with E-state index in [-0.39, 0.29) is 6.61 Å². The Morgan fingerprint density at radius 3 is 1.80 bits per heavy atom. The number of benzene rings is 2. The van der Waals surface area contributed by atoms with Crippen LogP contribution in [0.2, 0.25) is 0 Å². The molecule has 0 heterocycles. The molecule has 0 bridgehead atoms. The van der Waals surface area contributed by atoms with E-state index < -0.39 is 20.1 Å². The molecule has 0 amide bonds. The van der Waals surface area contributed by atoms with Gasteiger partial charge in [-0.2, -0.15) is 0 Å². The summed E-state index contributed by atoms with van der Waals surface area (Å²) >= 11 is 0. The zero-order valence-corrected chi connectivity index (χ0v) is 11.8. The van der Waals surface area contributed by atoms with Gasteiger partial charge >= 0.3 is 0 Å². The molecule has 1 unspecified atom stereocenters. The van der Waals surface area contributed by atoms with Gasteiger partial charge in [0, 0.05) is 10.6 Å². The first-order chi connectivity index (χ1) is 9.66. The second kappa shape index (κ2) is 6.82. The van der Waals surface area contributed by atoms with E-state index in [4.69, 9.17) is 9.63 Å². The van der Waals surface area contributed by atoms with Gasteiger partial charge in [0.2, 0.25) is 0 Å². The van der Waals surface area contributed by atoms with E-state index in [1.54, 1.807) is 48.5 Å². The lowest BCUT2D eigenvalue weighted by Gasteiger charge is -2.20. The Hall–Kier alpha value is -1.45. The Morgan fingerprint density at radius 2 is 1.40 bits per heavy atom. The molecule has 0 aliphatic carbocycles. The monoisotopic (exact) mass is 292 g/mol. The summed E-state index contributed by atoms with van der Waals surface area (Å²) in [5.41, 5.74) is 0. The maximum absolute atomic E-state index is 13.2. The Morgan fingerprint density at radius 1 is 0.950 bits per heavy atom. The third-order valence-electron chi connectivity index (χ3n) is 2.85. The van der Waals surface area contributed by atoms with Crippen molar-refractivity contribution in [2.45, 2.75) is 6.10 Å². The van der Waals surface area contributed by atoms with Crippen LogP contribution >= 0.6 is 7.37 Å². The van der Waals surface area contributed by atoms with Gasteiger partial charge in [-0.15, -0.1) is 0 Å². The molecule has 0 aliphatic rings. The molecule has 0 saturated carbocycles. The summed E-state index contributed by atoms with van der Waals surface area (Å²) in [7, 11) is -3.26. The molecule has 106 valence electrons. The number of hydrogen-bond acceptors (Lipinski definition) is 4. The highest BCUT2D eigenvalue weighted by Crippen LogP contribution is 2.44. The highest BCUT2D eigenvalue weighted by molar-refractivity contribution is 7.74. The average Bonchev–Trinajstić information content (AvgIpc) is 2.54. The first-order valence-electron chi connectivity index (χ1n) is 6.31. The fourth-order valence-electron chi connectivity index (χ4n) is 1.79. The number of hydrogen-bond donors (Lipinski definition) is 2. The lowest BCUT2D eigenvalue weighted by atomic mass is 10.4. The zero-order chi connectivity index (χ0) is 14.4. The number of rotatable bonds is 6. The van der Waals surface area contributed by atoms with Gasteiger partial charge in [-0.3, -0.25) is 4.57 Å². The minimum atomic E-state index is -3.26. The van der Waals surface area contributed by atoms with Gasteiger partial charge in [0.15, 0.2) is 0 Å². The molecule has 0 saturated heterocycles. The van der Waals surface area contributed by atoms with E-state index in [1.165, 1.54) is 0 Å².